The van der Waals surface area contributed by atoms with Gasteiger partial charge in [-0.25, -0.2) is 0 Å². The minimum atomic E-state index is -0.181. The second kappa shape index (κ2) is 10.2. The smallest absolute Gasteiger partial charge is 0.159 e. The van der Waals surface area contributed by atoms with Gasteiger partial charge in [0, 0.05) is 13.0 Å². The van der Waals surface area contributed by atoms with Crippen LogP contribution in [-0.4, -0.2) is 19.0 Å². The summed E-state index contributed by atoms with van der Waals surface area (Å²) in [7, 11) is 0. The third-order valence-electron chi connectivity index (χ3n) is 3.05. The minimum Gasteiger partial charge on any atom is -0.353 e. The highest BCUT2D eigenvalue weighted by Gasteiger charge is 2.16. The van der Waals surface area contributed by atoms with Crippen molar-refractivity contribution in [2.24, 2.45) is 0 Å². The van der Waals surface area contributed by atoms with Gasteiger partial charge in [-0.3, -0.25) is 0 Å². The molecule has 0 N–H and O–H groups in total. The summed E-state index contributed by atoms with van der Waals surface area (Å²) in [6.45, 7) is 6.80. The van der Waals surface area contributed by atoms with Gasteiger partial charge < -0.3 is 9.47 Å². The van der Waals surface area contributed by atoms with E-state index in [4.69, 9.17) is 9.47 Å². The molecule has 0 spiro atoms. The van der Waals surface area contributed by atoms with Crippen molar-refractivity contribution in [1.29, 1.82) is 0 Å². The summed E-state index contributed by atoms with van der Waals surface area (Å²) in [5.74, 6) is 6.31. The molecule has 102 valence electrons. The monoisotopic (exact) mass is 250 g/mol. The maximum atomic E-state index is 5.75. The van der Waals surface area contributed by atoms with Gasteiger partial charge in [0.2, 0.25) is 0 Å². The first-order valence-electron chi connectivity index (χ1n) is 7.24. The van der Waals surface area contributed by atoms with Crippen molar-refractivity contribution in [2.75, 3.05) is 6.61 Å². The van der Waals surface area contributed by atoms with E-state index in [1.54, 1.807) is 6.08 Å². The predicted molar refractivity (Wildman–Crippen MR) is 75.2 cm³/mol. The van der Waals surface area contributed by atoms with Crippen LogP contribution in [0.5, 0.6) is 0 Å². The fourth-order valence-electron chi connectivity index (χ4n) is 1.94. The van der Waals surface area contributed by atoms with E-state index in [1.165, 1.54) is 32.1 Å². The summed E-state index contributed by atoms with van der Waals surface area (Å²) in [6, 6.07) is 0. The van der Waals surface area contributed by atoms with Gasteiger partial charge in [0.05, 0.1) is 0 Å². The van der Waals surface area contributed by atoms with Gasteiger partial charge in [0.1, 0.15) is 6.10 Å². The zero-order valence-electron chi connectivity index (χ0n) is 11.6. The molecule has 0 aromatic heterocycles. The van der Waals surface area contributed by atoms with Crippen LogP contribution in [-0.2, 0) is 9.47 Å². The van der Waals surface area contributed by atoms with Crippen LogP contribution >= 0.6 is 0 Å². The Morgan fingerprint density at radius 3 is 2.94 bits per heavy atom. The number of unbranched alkanes of at least 4 members (excludes halogenated alkanes) is 4. The molecule has 2 heteroatoms. The molecule has 1 rings (SSSR count). The van der Waals surface area contributed by atoms with Crippen molar-refractivity contribution < 1.29 is 9.47 Å². The number of rotatable bonds is 7. The summed E-state index contributed by atoms with van der Waals surface area (Å²) in [5.41, 5.74) is 0. The molecular formula is C16H26O2. The molecule has 1 fully saturated rings. The van der Waals surface area contributed by atoms with Gasteiger partial charge in [-0.05, 0) is 25.7 Å². The van der Waals surface area contributed by atoms with Gasteiger partial charge in [0.25, 0.3) is 0 Å². The molecule has 0 radical (unpaired) electrons. The summed E-state index contributed by atoms with van der Waals surface area (Å²) >= 11 is 0. The Hall–Kier alpha value is -0.780. The number of ether oxygens (including phenoxy) is 2. The molecule has 1 aliphatic heterocycles. The molecule has 0 aromatic rings. The van der Waals surface area contributed by atoms with Gasteiger partial charge >= 0.3 is 0 Å². The SMILES string of the molecule is C=CC(C#CCCCCCC)OC1CCCCO1. The molecule has 0 amide bonds. The second-order valence-electron chi connectivity index (χ2n) is 4.72. The van der Waals surface area contributed by atoms with Crippen molar-refractivity contribution in [3.05, 3.63) is 12.7 Å². The quantitative estimate of drug-likeness (QED) is 0.385. The molecule has 1 heterocycles. The number of hydrogen-bond acceptors (Lipinski definition) is 2. The molecule has 0 saturated carbocycles. The zero-order chi connectivity index (χ0) is 13.1. The Balaban J connectivity index is 2.19. The maximum absolute atomic E-state index is 5.75. The van der Waals surface area contributed by atoms with Crippen LogP contribution in [0.25, 0.3) is 0 Å². The fourth-order valence-corrected chi connectivity index (χ4v) is 1.94. The summed E-state index contributed by atoms with van der Waals surface area (Å²) in [5, 5.41) is 0. The van der Waals surface area contributed by atoms with Crippen molar-refractivity contribution in [2.45, 2.75) is 70.7 Å². The largest absolute Gasteiger partial charge is 0.353 e. The highest BCUT2D eigenvalue weighted by Crippen LogP contribution is 2.15. The van der Waals surface area contributed by atoms with Crippen LogP contribution in [0.4, 0.5) is 0 Å². The van der Waals surface area contributed by atoms with Crippen LogP contribution < -0.4 is 0 Å². The third-order valence-corrected chi connectivity index (χ3v) is 3.05. The van der Waals surface area contributed by atoms with Crippen LogP contribution in [0.15, 0.2) is 12.7 Å². The molecule has 0 aromatic carbocycles. The first-order chi connectivity index (χ1) is 8.86. The summed E-state index contributed by atoms with van der Waals surface area (Å²) in [6.07, 6.45) is 10.8. The number of hydrogen-bond donors (Lipinski definition) is 0. The van der Waals surface area contributed by atoms with Crippen molar-refractivity contribution >= 4 is 0 Å². The Bertz CT molecular complexity index is 269. The average Bonchev–Trinajstić information content (AvgIpc) is 2.42. The summed E-state index contributed by atoms with van der Waals surface area (Å²) < 4.78 is 11.3. The zero-order valence-corrected chi connectivity index (χ0v) is 11.6. The van der Waals surface area contributed by atoms with Crippen molar-refractivity contribution in [1.82, 2.24) is 0 Å². The predicted octanol–water partition coefficient (Wildman–Crippen LogP) is 4.06. The highest BCUT2D eigenvalue weighted by molar-refractivity contribution is 5.11. The molecule has 2 unspecified atom stereocenters. The maximum Gasteiger partial charge on any atom is 0.159 e. The molecule has 0 bridgehead atoms. The van der Waals surface area contributed by atoms with Crippen molar-refractivity contribution in [3.8, 4) is 11.8 Å². The Kier molecular flexibility index (Phi) is 8.63. The van der Waals surface area contributed by atoms with Gasteiger partial charge in [-0.1, -0.05) is 44.8 Å². The normalized spacial score (nSPS) is 20.8. The Labute approximate surface area is 112 Å². The van der Waals surface area contributed by atoms with Crippen LogP contribution in [0, 0.1) is 11.8 Å². The summed E-state index contributed by atoms with van der Waals surface area (Å²) in [4.78, 5) is 0. The average molecular weight is 250 g/mol. The molecule has 1 saturated heterocycles. The van der Waals surface area contributed by atoms with E-state index in [9.17, 15) is 0 Å². The van der Waals surface area contributed by atoms with E-state index in [0.717, 1.165) is 25.9 Å². The van der Waals surface area contributed by atoms with Gasteiger partial charge in [-0.2, -0.15) is 0 Å². The van der Waals surface area contributed by atoms with E-state index < -0.39 is 0 Å². The minimum absolute atomic E-state index is 0.0869. The molecular weight excluding hydrogens is 224 g/mol. The van der Waals surface area contributed by atoms with E-state index in [1.807, 2.05) is 0 Å². The second-order valence-corrected chi connectivity index (χ2v) is 4.72. The van der Waals surface area contributed by atoms with Crippen LogP contribution in [0.2, 0.25) is 0 Å². The molecule has 0 aliphatic carbocycles. The standard InChI is InChI=1S/C16H26O2/c1-3-5-6-7-8-9-12-15(4-2)18-16-13-10-11-14-17-16/h4,15-16H,2-3,5-8,10-11,13-14H2,1H3. The highest BCUT2D eigenvalue weighted by atomic mass is 16.7. The van der Waals surface area contributed by atoms with Crippen molar-refractivity contribution in [3.63, 3.8) is 0 Å². The lowest BCUT2D eigenvalue weighted by Crippen LogP contribution is -2.26. The van der Waals surface area contributed by atoms with E-state index in [2.05, 4.69) is 25.3 Å². The molecule has 2 nitrogen and oxygen atoms in total. The molecule has 18 heavy (non-hydrogen) atoms. The van der Waals surface area contributed by atoms with Gasteiger partial charge in [0.15, 0.2) is 6.29 Å². The molecule has 1 aliphatic rings. The molecule has 2 atom stereocenters. The lowest BCUT2D eigenvalue weighted by molar-refractivity contribution is -0.168. The van der Waals surface area contributed by atoms with Crippen LogP contribution in [0.3, 0.4) is 0 Å². The van der Waals surface area contributed by atoms with E-state index in [-0.39, 0.29) is 12.4 Å². The Morgan fingerprint density at radius 2 is 2.28 bits per heavy atom. The first kappa shape index (κ1) is 15.3. The van der Waals surface area contributed by atoms with E-state index >= 15 is 0 Å². The fraction of sp³-hybridized carbons (Fsp3) is 0.750. The van der Waals surface area contributed by atoms with Crippen LogP contribution in [0.1, 0.15) is 58.3 Å². The van der Waals surface area contributed by atoms with E-state index in [0.29, 0.717) is 0 Å². The van der Waals surface area contributed by atoms with Gasteiger partial charge in [-0.15, -0.1) is 5.92 Å². The third kappa shape index (κ3) is 6.83. The lowest BCUT2D eigenvalue weighted by Gasteiger charge is -2.24. The lowest BCUT2D eigenvalue weighted by atomic mass is 10.1. The Morgan fingerprint density at radius 1 is 1.39 bits per heavy atom. The first-order valence-corrected chi connectivity index (χ1v) is 7.24. The topological polar surface area (TPSA) is 18.5 Å².